The number of likely N-dealkylation sites (N-methyl/N-ethyl adjacent to an activating group) is 1. The van der Waals surface area contributed by atoms with Gasteiger partial charge in [-0.05, 0) is 6.54 Å². The predicted octanol–water partition coefficient (Wildman–Crippen LogP) is 0.266. The summed E-state index contributed by atoms with van der Waals surface area (Å²) in [4.78, 5) is 2.35. The van der Waals surface area contributed by atoms with Crippen LogP contribution in [-0.2, 0) is 4.74 Å². The molecule has 1 heterocycles. The van der Waals surface area contributed by atoms with Crippen LogP contribution in [0.1, 0.15) is 6.92 Å². The number of halogens is 1. The Bertz CT molecular complexity index is 135. The lowest BCUT2D eigenvalue weighted by Gasteiger charge is -2.32. The summed E-state index contributed by atoms with van der Waals surface area (Å²) in [5.74, 6) is 0. The number of alkyl halides is 1. The number of hydrogen-bond donors (Lipinski definition) is 1. The van der Waals surface area contributed by atoms with Gasteiger partial charge in [-0.1, -0.05) is 6.92 Å². The van der Waals surface area contributed by atoms with Gasteiger partial charge in [-0.2, -0.15) is 0 Å². The van der Waals surface area contributed by atoms with Gasteiger partial charge in [0.1, 0.15) is 6.67 Å². The minimum atomic E-state index is -0.301. The van der Waals surface area contributed by atoms with Crippen LogP contribution in [0.25, 0.3) is 0 Å². The molecule has 0 aromatic carbocycles. The minimum absolute atomic E-state index is 0.236. The first-order valence-corrected chi connectivity index (χ1v) is 4.97. The molecule has 0 aromatic rings. The molecule has 3 nitrogen and oxygen atoms in total. The molecule has 0 aromatic heterocycles. The van der Waals surface area contributed by atoms with E-state index < -0.39 is 0 Å². The van der Waals surface area contributed by atoms with Gasteiger partial charge < -0.3 is 10.1 Å². The van der Waals surface area contributed by atoms with Gasteiger partial charge in [0.25, 0.3) is 0 Å². The average Bonchev–Trinajstić information content (AvgIpc) is 2.19. The summed E-state index contributed by atoms with van der Waals surface area (Å²) in [5, 5.41) is 3.02. The van der Waals surface area contributed by atoms with Crippen LogP contribution in [-0.4, -0.2) is 57.0 Å². The van der Waals surface area contributed by atoms with Crippen molar-refractivity contribution in [2.24, 2.45) is 0 Å². The molecule has 1 atom stereocenters. The largest absolute Gasteiger partial charge is 0.374 e. The highest BCUT2D eigenvalue weighted by Crippen LogP contribution is 2.03. The molecule has 1 unspecified atom stereocenters. The van der Waals surface area contributed by atoms with Crippen LogP contribution in [0.5, 0.6) is 0 Å². The Hall–Kier alpha value is -0.190. The maximum absolute atomic E-state index is 11.8. The van der Waals surface area contributed by atoms with Gasteiger partial charge in [0, 0.05) is 26.2 Å². The molecule has 4 heteroatoms. The molecular formula is C9H19FN2O. The molecule has 1 N–H and O–H groups in total. The van der Waals surface area contributed by atoms with Crippen LogP contribution in [0, 0.1) is 0 Å². The lowest BCUT2D eigenvalue weighted by molar-refractivity contribution is -0.0252. The second-order valence-corrected chi connectivity index (χ2v) is 3.28. The maximum atomic E-state index is 11.8. The summed E-state index contributed by atoms with van der Waals surface area (Å²) in [7, 11) is 0. The van der Waals surface area contributed by atoms with Crippen molar-refractivity contribution >= 4 is 0 Å². The molecule has 1 aliphatic rings. The number of hydrogen-bond acceptors (Lipinski definition) is 3. The monoisotopic (exact) mass is 190 g/mol. The minimum Gasteiger partial charge on any atom is -0.374 e. The Morgan fingerprint density at radius 3 is 3.15 bits per heavy atom. The van der Waals surface area contributed by atoms with Gasteiger partial charge in [-0.15, -0.1) is 0 Å². The smallest absolute Gasteiger partial charge is 0.102 e. The molecule has 0 saturated carbocycles. The van der Waals surface area contributed by atoms with Crippen molar-refractivity contribution in [2.45, 2.75) is 13.0 Å². The first-order chi connectivity index (χ1) is 6.36. The third-order valence-electron chi connectivity index (χ3n) is 2.31. The van der Waals surface area contributed by atoms with E-state index in [1.807, 2.05) is 0 Å². The standard InChI is InChI=1S/C9H19FN2O/c1-2-12-5-6-13-9(8-12)7-11-4-3-10/h9,11H,2-8H2,1H3. The highest BCUT2D eigenvalue weighted by molar-refractivity contribution is 4.72. The molecule has 1 fully saturated rings. The highest BCUT2D eigenvalue weighted by atomic mass is 19.1. The molecule has 0 aliphatic carbocycles. The second kappa shape index (κ2) is 6.29. The predicted molar refractivity (Wildman–Crippen MR) is 50.7 cm³/mol. The highest BCUT2D eigenvalue weighted by Gasteiger charge is 2.18. The van der Waals surface area contributed by atoms with Crippen LogP contribution >= 0.6 is 0 Å². The Morgan fingerprint density at radius 2 is 2.46 bits per heavy atom. The van der Waals surface area contributed by atoms with E-state index >= 15 is 0 Å². The Morgan fingerprint density at radius 1 is 1.62 bits per heavy atom. The van der Waals surface area contributed by atoms with Gasteiger partial charge in [-0.25, -0.2) is 4.39 Å². The van der Waals surface area contributed by atoms with Gasteiger partial charge in [0.05, 0.1) is 12.7 Å². The number of ether oxygens (including phenoxy) is 1. The van der Waals surface area contributed by atoms with Gasteiger partial charge in [0.2, 0.25) is 0 Å². The third kappa shape index (κ3) is 4.02. The number of nitrogens with zero attached hydrogens (tertiary/aromatic N) is 1. The lowest BCUT2D eigenvalue weighted by atomic mass is 10.2. The zero-order valence-electron chi connectivity index (χ0n) is 8.26. The Labute approximate surface area is 79.2 Å². The zero-order chi connectivity index (χ0) is 9.52. The van der Waals surface area contributed by atoms with E-state index in [0.717, 1.165) is 32.8 Å². The Balaban J connectivity index is 2.11. The van der Waals surface area contributed by atoms with Crippen molar-refractivity contribution in [2.75, 3.05) is 46.0 Å². The molecular weight excluding hydrogens is 171 g/mol. The van der Waals surface area contributed by atoms with Gasteiger partial charge >= 0.3 is 0 Å². The Kier molecular flexibility index (Phi) is 5.27. The zero-order valence-corrected chi connectivity index (χ0v) is 8.26. The van der Waals surface area contributed by atoms with E-state index in [9.17, 15) is 4.39 Å². The molecule has 0 radical (unpaired) electrons. The average molecular weight is 190 g/mol. The summed E-state index contributed by atoms with van der Waals surface area (Å²) in [6, 6.07) is 0. The van der Waals surface area contributed by atoms with E-state index in [-0.39, 0.29) is 12.8 Å². The van der Waals surface area contributed by atoms with E-state index in [0.29, 0.717) is 6.54 Å². The van der Waals surface area contributed by atoms with Gasteiger partial charge in [0.15, 0.2) is 0 Å². The fourth-order valence-electron chi connectivity index (χ4n) is 1.52. The van der Waals surface area contributed by atoms with E-state index in [1.54, 1.807) is 0 Å². The molecule has 13 heavy (non-hydrogen) atoms. The summed E-state index contributed by atoms with van der Waals surface area (Å²) in [6.45, 7) is 6.92. The summed E-state index contributed by atoms with van der Waals surface area (Å²) in [6.07, 6.45) is 0.236. The molecule has 1 saturated heterocycles. The second-order valence-electron chi connectivity index (χ2n) is 3.28. The molecule has 0 amide bonds. The van der Waals surface area contributed by atoms with Crippen molar-refractivity contribution < 1.29 is 9.13 Å². The van der Waals surface area contributed by atoms with Crippen molar-refractivity contribution in [3.63, 3.8) is 0 Å². The quantitative estimate of drug-likeness (QED) is 0.630. The molecule has 0 spiro atoms. The summed E-state index contributed by atoms with van der Waals surface area (Å²) >= 11 is 0. The van der Waals surface area contributed by atoms with Crippen molar-refractivity contribution in [1.29, 1.82) is 0 Å². The molecule has 0 bridgehead atoms. The normalized spacial score (nSPS) is 24.9. The van der Waals surface area contributed by atoms with Crippen LogP contribution < -0.4 is 5.32 Å². The topological polar surface area (TPSA) is 24.5 Å². The van der Waals surface area contributed by atoms with Crippen LogP contribution in [0.3, 0.4) is 0 Å². The first-order valence-electron chi connectivity index (χ1n) is 4.97. The number of morpholine rings is 1. The number of nitrogens with one attached hydrogen (secondary N) is 1. The van der Waals surface area contributed by atoms with Crippen LogP contribution in [0.2, 0.25) is 0 Å². The molecule has 1 aliphatic heterocycles. The third-order valence-corrected chi connectivity index (χ3v) is 2.31. The SMILES string of the molecule is CCN1CCOC(CNCCF)C1. The lowest BCUT2D eigenvalue weighted by Crippen LogP contribution is -2.46. The maximum Gasteiger partial charge on any atom is 0.102 e. The van der Waals surface area contributed by atoms with Crippen molar-refractivity contribution in [3.05, 3.63) is 0 Å². The van der Waals surface area contributed by atoms with E-state index in [2.05, 4.69) is 17.1 Å². The fraction of sp³-hybridized carbons (Fsp3) is 1.00. The van der Waals surface area contributed by atoms with Crippen molar-refractivity contribution in [1.82, 2.24) is 10.2 Å². The van der Waals surface area contributed by atoms with E-state index in [4.69, 9.17) is 4.74 Å². The van der Waals surface area contributed by atoms with Crippen molar-refractivity contribution in [3.8, 4) is 0 Å². The molecule has 78 valence electrons. The van der Waals surface area contributed by atoms with E-state index in [1.165, 1.54) is 0 Å². The summed E-state index contributed by atoms with van der Waals surface area (Å²) < 4.78 is 17.3. The number of rotatable bonds is 5. The van der Waals surface area contributed by atoms with Gasteiger partial charge in [-0.3, -0.25) is 4.90 Å². The van der Waals surface area contributed by atoms with Crippen LogP contribution in [0.15, 0.2) is 0 Å². The summed E-state index contributed by atoms with van der Waals surface area (Å²) in [5.41, 5.74) is 0. The van der Waals surface area contributed by atoms with Crippen LogP contribution in [0.4, 0.5) is 4.39 Å². The first kappa shape index (κ1) is 10.9. The molecule has 1 rings (SSSR count). The fourth-order valence-corrected chi connectivity index (χ4v) is 1.52.